The molecule has 3 aromatic rings. The summed E-state index contributed by atoms with van der Waals surface area (Å²) in [5.41, 5.74) is 1.67. The van der Waals surface area contributed by atoms with Gasteiger partial charge in [0.05, 0.1) is 4.88 Å². The number of ether oxygens (including phenoxy) is 2. The highest BCUT2D eigenvalue weighted by molar-refractivity contribution is 7.12. The molecule has 2 heterocycles. The van der Waals surface area contributed by atoms with Crippen molar-refractivity contribution in [2.24, 2.45) is 0 Å². The molecule has 0 radical (unpaired) electrons. The molecular formula is C27H28N2O4S. The second-order valence-corrected chi connectivity index (χ2v) is 9.70. The SMILES string of the molecule is O=C(NC1CCCCC1)C(c1ccccc1)N(Cc1ccc2c(c1)OCO2)C(=O)c1cccs1. The summed E-state index contributed by atoms with van der Waals surface area (Å²) < 4.78 is 11.0. The Bertz CT molecular complexity index is 1130. The molecule has 6 nitrogen and oxygen atoms in total. The van der Waals surface area contributed by atoms with E-state index in [0.717, 1.165) is 36.8 Å². The lowest BCUT2D eigenvalue weighted by molar-refractivity contribution is -0.127. The van der Waals surface area contributed by atoms with Crippen LogP contribution in [0.1, 0.15) is 58.9 Å². The molecule has 1 saturated carbocycles. The average Bonchev–Trinajstić information content (AvgIpc) is 3.57. The van der Waals surface area contributed by atoms with E-state index >= 15 is 0 Å². The minimum Gasteiger partial charge on any atom is -0.454 e. The summed E-state index contributed by atoms with van der Waals surface area (Å²) in [4.78, 5) is 29.8. The van der Waals surface area contributed by atoms with E-state index in [1.165, 1.54) is 17.8 Å². The minimum atomic E-state index is -0.747. The maximum absolute atomic E-state index is 13.8. The van der Waals surface area contributed by atoms with Gasteiger partial charge in [0.25, 0.3) is 5.91 Å². The highest BCUT2D eigenvalue weighted by Gasteiger charge is 2.34. The number of fused-ring (bicyclic) bond motifs is 1. The van der Waals surface area contributed by atoms with Crippen molar-refractivity contribution in [3.8, 4) is 11.5 Å². The third kappa shape index (κ3) is 4.94. The number of rotatable bonds is 7. The average molecular weight is 477 g/mol. The van der Waals surface area contributed by atoms with Crippen molar-refractivity contribution < 1.29 is 19.1 Å². The highest BCUT2D eigenvalue weighted by Crippen LogP contribution is 2.34. The fourth-order valence-corrected chi connectivity index (χ4v) is 5.37. The first kappa shape index (κ1) is 22.5. The third-order valence-electron chi connectivity index (χ3n) is 6.41. The van der Waals surface area contributed by atoms with Gasteiger partial charge in [-0.05, 0) is 47.5 Å². The van der Waals surface area contributed by atoms with Gasteiger partial charge in [-0.15, -0.1) is 11.3 Å². The van der Waals surface area contributed by atoms with E-state index in [-0.39, 0.29) is 31.2 Å². The Labute approximate surface area is 203 Å². The molecule has 7 heteroatoms. The van der Waals surface area contributed by atoms with Crippen LogP contribution in [0.2, 0.25) is 0 Å². The topological polar surface area (TPSA) is 67.9 Å². The van der Waals surface area contributed by atoms with Crippen LogP contribution < -0.4 is 14.8 Å². The van der Waals surface area contributed by atoms with Gasteiger partial charge in [0.2, 0.25) is 12.7 Å². The van der Waals surface area contributed by atoms with Gasteiger partial charge in [-0.2, -0.15) is 0 Å². The molecule has 2 aromatic carbocycles. The van der Waals surface area contributed by atoms with Gasteiger partial charge in [-0.3, -0.25) is 9.59 Å². The minimum absolute atomic E-state index is 0.135. The Kier molecular flexibility index (Phi) is 6.81. The standard InChI is InChI=1S/C27H28N2O4S/c30-26(28-21-10-5-2-6-11-21)25(20-8-3-1-4-9-20)29(27(31)24-12-7-15-34-24)17-19-13-14-22-23(16-19)33-18-32-22/h1,3-4,7-9,12-16,21,25H,2,5-6,10-11,17-18H2,(H,28,30). The van der Waals surface area contributed by atoms with Crippen molar-refractivity contribution in [1.29, 1.82) is 0 Å². The largest absolute Gasteiger partial charge is 0.454 e. The fraction of sp³-hybridized carbons (Fsp3) is 0.333. The fourth-order valence-electron chi connectivity index (χ4n) is 4.69. The molecule has 2 amide bonds. The van der Waals surface area contributed by atoms with Crippen molar-refractivity contribution >= 4 is 23.2 Å². The normalized spacial score (nSPS) is 16.1. The lowest BCUT2D eigenvalue weighted by Crippen LogP contribution is -2.46. The molecular weight excluding hydrogens is 448 g/mol. The zero-order valence-corrected chi connectivity index (χ0v) is 19.8. The summed E-state index contributed by atoms with van der Waals surface area (Å²) in [5.74, 6) is 1.04. The number of hydrogen-bond donors (Lipinski definition) is 1. The van der Waals surface area contributed by atoms with Crippen LogP contribution in [0.4, 0.5) is 0 Å². The molecule has 5 rings (SSSR count). The molecule has 34 heavy (non-hydrogen) atoms. The van der Waals surface area contributed by atoms with Crippen molar-refractivity contribution in [2.45, 2.75) is 50.7 Å². The Morgan fingerprint density at radius 2 is 1.76 bits per heavy atom. The van der Waals surface area contributed by atoms with E-state index in [9.17, 15) is 9.59 Å². The van der Waals surface area contributed by atoms with Crippen LogP contribution in [0, 0.1) is 0 Å². The molecule has 1 atom stereocenters. The Morgan fingerprint density at radius 3 is 2.53 bits per heavy atom. The molecule has 1 fully saturated rings. The number of carbonyl (C=O) groups excluding carboxylic acids is 2. The number of nitrogens with one attached hydrogen (secondary N) is 1. The van der Waals surface area contributed by atoms with Crippen LogP contribution in [0.5, 0.6) is 11.5 Å². The molecule has 1 aromatic heterocycles. The van der Waals surface area contributed by atoms with Crippen molar-refractivity contribution in [1.82, 2.24) is 10.2 Å². The number of hydrogen-bond acceptors (Lipinski definition) is 5. The van der Waals surface area contributed by atoms with Crippen molar-refractivity contribution in [3.05, 3.63) is 82.0 Å². The highest BCUT2D eigenvalue weighted by atomic mass is 32.1. The third-order valence-corrected chi connectivity index (χ3v) is 7.27. The molecule has 0 saturated heterocycles. The first-order valence-electron chi connectivity index (χ1n) is 11.8. The zero-order valence-electron chi connectivity index (χ0n) is 18.9. The summed E-state index contributed by atoms with van der Waals surface area (Å²) in [7, 11) is 0. The number of benzene rings is 2. The molecule has 1 aliphatic heterocycles. The quantitative estimate of drug-likeness (QED) is 0.502. The predicted octanol–water partition coefficient (Wildman–Crippen LogP) is 5.31. The molecule has 0 spiro atoms. The molecule has 176 valence electrons. The van der Waals surface area contributed by atoms with E-state index < -0.39 is 6.04 Å². The number of nitrogens with zero attached hydrogens (tertiary/aromatic N) is 1. The van der Waals surface area contributed by atoms with Crippen molar-refractivity contribution in [3.63, 3.8) is 0 Å². The van der Waals surface area contributed by atoms with E-state index in [0.29, 0.717) is 16.4 Å². The van der Waals surface area contributed by atoms with E-state index in [1.54, 1.807) is 11.0 Å². The van der Waals surface area contributed by atoms with Crippen LogP contribution in [0.3, 0.4) is 0 Å². The maximum atomic E-state index is 13.8. The lowest BCUT2D eigenvalue weighted by Gasteiger charge is -2.33. The van der Waals surface area contributed by atoms with Gasteiger partial charge in [0.15, 0.2) is 11.5 Å². The maximum Gasteiger partial charge on any atom is 0.265 e. The van der Waals surface area contributed by atoms with Crippen molar-refractivity contribution in [2.75, 3.05) is 6.79 Å². The monoisotopic (exact) mass is 476 g/mol. The smallest absolute Gasteiger partial charge is 0.265 e. The molecule has 0 bridgehead atoms. The summed E-state index contributed by atoms with van der Waals surface area (Å²) in [6.07, 6.45) is 5.41. The molecule has 2 aliphatic rings. The number of thiophene rings is 1. The van der Waals surface area contributed by atoms with E-state index in [4.69, 9.17) is 9.47 Å². The molecule has 1 N–H and O–H groups in total. The summed E-state index contributed by atoms with van der Waals surface area (Å²) in [6, 6.07) is 18.3. The summed E-state index contributed by atoms with van der Waals surface area (Å²) in [5, 5.41) is 5.13. The first-order chi connectivity index (χ1) is 16.7. The number of carbonyl (C=O) groups is 2. The second-order valence-electron chi connectivity index (χ2n) is 8.75. The van der Waals surface area contributed by atoms with Crippen LogP contribution >= 0.6 is 11.3 Å². The second kappa shape index (κ2) is 10.3. The van der Waals surface area contributed by atoms with Gasteiger partial charge in [0, 0.05) is 12.6 Å². The van der Waals surface area contributed by atoms with E-state index in [2.05, 4.69) is 5.32 Å². The Hall–Kier alpha value is -3.32. The molecule has 1 unspecified atom stereocenters. The van der Waals surface area contributed by atoms with Gasteiger partial charge in [-0.1, -0.05) is 61.7 Å². The van der Waals surface area contributed by atoms with E-state index in [1.807, 2.05) is 60.0 Å². The zero-order chi connectivity index (χ0) is 23.3. The van der Waals surface area contributed by atoms with Gasteiger partial charge in [0.1, 0.15) is 6.04 Å². The Morgan fingerprint density at radius 1 is 0.971 bits per heavy atom. The lowest BCUT2D eigenvalue weighted by atomic mass is 9.94. The van der Waals surface area contributed by atoms with Crippen LogP contribution in [0.15, 0.2) is 66.0 Å². The van der Waals surface area contributed by atoms with Gasteiger partial charge < -0.3 is 19.7 Å². The Balaban J connectivity index is 1.50. The van der Waals surface area contributed by atoms with Crippen LogP contribution in [-0.4, -0.2) is 29.5 Å². The molecule has 1 aliphatic carbocycles. The van der Waals surface area contributed by atoms with Gasteiger partial charge >= 0.3 is 0 Å². The van der Waals surface area contributed by atoms with Gasteiger partial charge in [-0.25, -0.2) is 0 Å². The summed E-state index contributed by atoms with van der Waals surface area (Å²) >= 11 is 1.38. The predicted molar refractivity (Wildman–Crippen MR) is 131 cm³/mol. The number of amides is 2. The first-order valence-corrected chi connectivity index (χ1v) is 12.7. The summed E-state index contributed by atoms with van der Waals surface area (Å²) in [6.45, 7) is 0.456. The van der Waals surface area contributed by atoms with Crippen LogP contribution in [-0.2, 0) is 11.3 Å². The van der Waals surface area contributed by atoms with Crippen LogP contribution in [0.25, 0.3) is 0 Å².